The largest absolute Gasteiger partial charge is 0.506 e. The SMILES string of the molecule is Cl.O=CNc1cc(C(CNCCCCCC2CCSS2)O[N+](=O)[O-])ccc1O. The average Bonchev–Trinajstić information content (AvgIpc) is 3.15. The molecule has 0 saturated carbocycles. The van der Waals surface area contributed by atoms with E-state index in [1.54, 1.807) is 6.07 Å². The molecule has 1 heterocycles. The number of phenolic OH excluding ortho intramolecular Hbond substituents is 1. The molecule has 1 aliphatic rings. The molecule has 1 saturated heterocycles. The Kier molecular flexibility index (Phi) is 12.1. The zero-order valence-corrected chi connectivity index (χ0v) is 17.8. The number of benzene rings is 1. The number of aromatic hydroxyl groups is 1. The van der Waals surface area contributed by atoms with E-state index in [2.05, 4.69) is 10.6 Å². The van der Waals surface area contributed by atoms with E-state index >= 15 is 0 Å². The Morgan fingerprint density at radius 1 is 1.39 bits per heavy atom. The highest BCUT2D eigenvalue weighted by molar-refractivity contribution is 8.77. The molecular formula is C17H26ClN3O5S2. The predicted molar refractivity (Wildman–Crippen MR) is 116 cm³/mol. The molecule has 0 aliphatic carbocycles. The lowest BCUT2D eigenvalue weighted by Gasteiger charge is -2.17. The second kappa shape index (κ2) is 13.8. The summed E-state index contributed by atoms with van der Waals surface area (Å²) >= 11 is 0. The van der Waals surface area contributed by atoms with Gasteiger partial charge in [0.25, 0.3) is 5.09 Å². The lowest BCUT2D eigenvalue weighted by atomic mass is 10.1. The maximum atomic E-state index is 10.8. The normalized spacial score (nSPS) is 16.8. The first-order valence-electron chi connectivity index (χ1n) is 8.93. The summed E-state index contributed by atoms with van der Waals surface area (Å²) in [5.74, 6) is 1.15. The summed E-state index contributed by atoms with van der Waals surface area (Å²) in [7, 11) is 3.96. The lowest BCUT2D eigenvalue weighted by Crippen LogP contribution is -2.26. The molecule has 0 aromatic heterocycles. The zero-order valence-electron chi connectivity index (χ0n) is 15.4. The van der Waals surface area contributed by atoms with Gasteiger partial charge in [-0.3, -0.25) is 4.79 Å². The minimum Gasteiger partial charge on any atom is -0.506 e. The Morgan fingerprint density at radius 3 is 2.89 bits per heavy atom. The van der Waals surface area contributed by atoms with E-state index in [1.807, 2.05) is 21.6 Å². The van der Waals surface area contributed by atoms with Crippen LogP contribution in [0.2, 0.25) is 0 Å². The molecule has 1 aromatic carbocycles. The molecule has 1 fully saturated rings. The van der Waals surface area contributed by atoms with Gasteiger partial charge < -0.3 is 20.6 Å². The molecule has 2 rings (SSSR count). The van der Waals surface area contributed by atoms with Crippen LogP contribution in [-0.2, 0) is 9.63 Å². The third kappa shape index (κ3) is 8.76. The topological polar surface area (TPSA) is 114 Å². The third-order valence-corrected chi connectivity index (χ3v) is 7.26. The first kappa shape index (κ1) is 24.7. The Bertz CT molecular complexity index is 620. The first-order valence-corrected chi connectivity index (χ1v) is 11.3. The highest BCUT2D eigenvalue weighted by atomic mass is 35.5. The van der Waals surface area contributed by atoms with Gasteiger partial charge in [0.1, 0.15) is 11.9 Å². The Morgan fingerprint density at radius 2 is 2.21 bits per heavy atom. The fourth-order valence-corrected chi connectivity index (χ4v) is 5.88. The number of hydrogen-bond acceptors (Lipinski definition) is 8. The van der Waals surface area contributed by atoms with E-state index in [4.69, 9.17) is 4.84 Å². The summed E-state index contributed by atoms with van der Waals surface area (Å²) in [6.45, 7) is 1.02. The van der Waals surface area contributed by atoms with E-state index in [9.17, 15) is 20.0 Å². The van der Waals surface area contributed by atoms with Gasteiger partial charge in [0.05, 0.1) is 5.69 Å². The molecule has 1 aliphatic heterocycles. The molecule has 8 nitrogen and oxygen atoms in total. The van der Waals surface area contributed by atoms with Crippen molar-refractivity contribution in [2.75, 3.05) is 24.2 Å². The third-order valence-electron chi connectivity index (χ3n) is 4.26. The van der Waals surface area contributed by atoms with Gasteiger partial charge in [0.15, 0.2) is 0 Å². The Balaban J connectivity index is 0.00000392. The average molecular weight is 452 g/mol. The Labute approximate surface area is 178 Å². The van der Waals surface area contributed by atoms with E-state index < -0.39 is 11.2 Å². The van der Waals surface area contributed by atoms with Crippen molar-refractivity contribution < 1.29 is 19.8 Å². The van der Waals surface area contributed by atoms with Crippen molar-refractivity contribution in [3.63, 3.8) is 0 Å². The first-order chi connectivity index (χ1) is 13.1. The van der Waals surface area contributed by atoms with Gasteiger partial charge in [-0.25, -0.2) is 0 Å². The Hall–Kier alpha value is -1.36. The summed E-state index contributed by atoms with van der Waals surface area (Å²) in [4.78, 5) is 26.1. The van der Waals surface area contributed by atoms with Crippen molar-refractivity contribution in [2.45, 2.75) is 43.5 Å². The molecular weight excluding hydrogens is 426 g/mol. The van der Waals surface area contributed by atoms with Gasteiger partial charge >= 0.3 is 0 Å². The highest BCUT2D eigenvalue weighted by Gasteiger charge is 2.18. The van der Waals surface area contributed by atoms with Gasteiger partial charge in [0.2, 0.25) is 6.41 Å². The number of nitrogens with one attached hydrogen (secondary N) is 2. The van der Waals surface area contributed by atoms with Crippen molar-refractivity contribution >= 4 is 46.1 Å². The highest BCUT2D eigenvalue weighted by Crippen LogP contribution is 2.39. The molecule has 0 bridgehead atoms. The van der Waals surface area contributed by atoms with Crippen LogP contribution in [0, 0.1) is 10.1 Å². The van der Waals surface area contributed by atoms with Crippen LogP contribution < -0.4 is 10.6 Å². The van der Waals surface area contributed by atoms with Crippen LogP contribution in [0.1, 0.15) is 43.8 Å². The number of unbranched alkanes of at least 4 members (excludes halogenated alkanes) is 2. The minimum atomic E-state index is -0.830. The lowest BCUT2D eigenvalue weighted by molar-refractivity contribution is -0.770. The van der Waals surface area contributed by atoms with E-state index in [1.165, 1.54) is 37.1 Å². The smallest absolute Gasteiger partial charge is 0.295 e. The van der Waals surface area contributed by atoms with Crippen molar-refractivity contribution in [3.8, 4) is 5.75 Å². The van der Waals surface area contributed by atoms with Gasteiger partial charge in [0, 0.05) is 17.5 Å². The maximum absolute atomic E-state index is 10.8. The molecule has 2 unspecified atom stereocenters. The van der Waals surface area contributed by atoms with E-state index in [0.717, 1.165) is 24.6 Å². The zero-order chi connectivity index (χ0) is 19.5. The number of anilines is 1. The van der Waals surface area contributed by atoms with Crippen LogP contribution in [0.15, 0.2) is 18.2 Å². The summed E-state index contributed by atoms with van der Waals surface area (Å²) in [6, 6.07) is 4.38. The number of halogens is 1. The molecule has 0 radical (unpaired) electrons. The molecule has 0 spiro atoms. The second-order valence-electron chi connectivity index (χ2n) is 6.24. The second-order valence-corrected chi connectivity index (χ2v) is 9.03. The van der Waals surface area contributed by atoms with Crippen LogP contribution in [0.4, 0.5) is 5.69 Å². The van der Waals surface area contributed by atoms with Crippen LogP contribution in [-0.4, -0.2) is 40.7 Å². The molecule has 28 heavy (non-hydrogen) atoms. The summed E-state index contributed by atoms with van der Waals surface area (Å²) in [5, 5.41) is 26.0. The van der Waals surface area contributed by atoms with Crippen LogP contribution in [0.5, 0.6) is 5.75 Å². The summed E-state index contributed by atoms with van der Waals surface area (Å²) in [5.41, 5.74) is 0.680. The van der Waals surface area contributed by atoms with Crippen LogP contribution in [0.25, 0.3) is 0 Å². The van der Waals surface area contributed by atoms with Gasteiger partial charge in [-0.2, -0.15) is 0 Å². The number of amides is 1. The molecule has 11 heteroatoms. The van der Waals surface area contributed by atoms with Crippen molar-refractivity contribution in [1.29, 1.82) is 0 Å². The van der Waals surface area contributed by atoms with E-state index in [-0.39, 0.29) is 30.4 Å². The fraction of sp³-hybridized carbons (Fsp3) is 0.588. The fourth-order valence-electron chi connectivity index (χ4n) is 2.85. The number of phenols is 1. The number of carbonyl (C=O) groups is 1. The standard InChI is InChI=1S/C17H25N3O5S2.ClH/c21-12-19-15-10-13(5-6-16(15)22)17(25-20(23)24)11-18-8-3-1-2-4-14-7-9-26-27-14;/h5-6,10,12,14,17-18,22H,1-4,7-9,11H2,(H,19,21);1H. The molecule has 3 N–H and O–H groups in total. The number of nitrogens with zero attached hydrogens (tertiary/aromatic N) is 1. The predicted octanol–water partition coefficient (Wildman–Crippen LogP) is 3.94. The quantitative estimate of drug-likeness (QED) is 0.103. The maximum Gasteiger partial charge on any atom is 0.295 e. The van der Waals surface area contributed by atoms with Gasteiger partial charge in [-0.1, -0.05) is 40.5 Å². The van der Waals surface area contributed by atoms with Crippen molar-refractivity contribution in [1.82, 2.24) is 5.32 Å². The van der Waals surface area contributed by atoms with E-state index in [0.29, 0.717) is 12.0 Å². The summed E-state index contributed by atoms with van der Waals surface area (Å²) < 4.78 is 0. The van der Waals surface area contributed by atoms with Crippen molar-refractivity contribution in [2.24, 2.45) is 0 Å². The summed E-state index contributed by atoms with van der Waals surface area (Å²) in [6.07, 6.45) is 5.51. The van der Waals surface area contributed by atoms with Crippen molar-refractivity contribution in [3.05, 3.63) is 33.9 Å². The molecule has 158 valence electrons. The van der Waals surface area contributed by atoms with Gasteiger partial charge in [-0.05, 0) is 43.5 Å². The van der Waals surface area contributed by atoms with Crippen LogP contribution in [0.3, 0.4) is 0 Å². The molecule has 2 atom stereocenters. The number of rotatable bonds is 13. The minimum absolute atomic E-state index is 0. The number of hydrogen-bond donors (Lipinski definition) is 3. The number of carbonyl (C=O) groups excluding carboxylic acids is 1. The van der Waals surface area contributed by atoms with Gasteiger partial charge in [-0.15, -0.1) is 22.5 Å². The van der Waals surface area contributed by atoms with Crippen LogP contribution >= 0.6 is 34.0 Å². The molecule has 1 aromatic rings. The molecule has 1 amide bonds. The monoisotopic (exact) mass is 451 g/mol.